The quantitative estimate of drug-likeness (QED) is 0.329. The third kappa shape index (κ3) is 7.10. The first-order chi connectivity index (χ1) is 14.9. The molecular formula is C19H21F2N5O5. The van der Waals surface area contributed by atoms with E-state index in [-0.39, 0.29) is 41.0 Å². The van der Waals surface area contributed by atoms with Crippen LogP contribution in [-0.2, 0) is 4.79 Å². The fraction of sp³-hybridized carbons (Fsp3) is 0.263. The molecule has 2 rings (SSSR count). The largest absolute Gasteiger partial charge is 0.485 e. The number of amides is 1. The van der Waals surface area contributed by atoms with Crippen molar-refractivity contribution >= 4 is 23.6 Å². The van der Waals surface area contributed by atoms with Gasteiger partial charge in [-0.3, -0.25) is 4.79 Å². The molecule has 31 heavy (non-hydrogen) atoms. The number of aliphatic carboxylic acids is 1. The van der Waals surface area contributed by atoms with Gasteiger partial charge >= 0.3 is 5.97 Å². The predicted octanol–water partition coefficient (Wildman–Crippen LogP) is 0.910. The van der Waals surface area contributed by atoms with Crippen molar-refractivity contribution in [3.05, 3.63) is 47.9 Å². The van der Waals surface area contributed by atoms with Gasteiger partial charge in [0.05, 0.1) is 12.7 Å². The minimum atomic E-state index is -1.36. The summed E-state index contributed by atoms with van der Waals surface area (Å²) >= 11 is 0. The Balaban J connectivity index is 2.34. The molecule has 0 saturated carbocycles. The molecule has 0 aromatic heterocycles. The number of rotatable bonds is 9. The molecule has 5 N–H and O–H groups in total. The van der Waals surface area contributed by atoms with Crippen LogP contribution in [0.1, 0.15) is 10.4 Å². The summed E-state index contributed by atoms with van der Waals surface area (Å²) in [7, 11) is 1.64. The van der Waals surface area contributed by atoms with Crippen LogP contribution in [0.3, 0.4) is 0 Å². The number of nitrogens with two attached hydrogens (primary N) is 1. The Bertz CT molecular complexity index is 942. The fourth-order valence-corrected chi connectivity index (χ4v) is 2.23. The lowest BCUT2D eigenvalue weighted by Crippen LogP contribution is -2.32. The van der Waals surface area contributed by atoms with E-state index in [1.54, 1.807) is 7.05 Å². The summed E-state index contributed by atoms with van der Waals surface area (Å²) in [4.78, 5) is 31.0. The van der Waals surface area contributed by atoms with Crippen molar-refractivity contribution in [3.63, 3.8) is 0 Å². The second-order valence-electron chi connectivity index (χ2n) is 6.03. The Morgan fingerprint density at radius 3 is 2.65 bits per heavy atom. The lowest BCUT2D eigenvalue weighted by Gasteiger charge is -2.17. The highest BCUT2D eigenvalue weighted by Crippen LogP contribution is 2.25. The molecule has 166 valence electrons. The summed E-state index contributed by atoms with van der Waals surface area (Å²) in [6.45, 7) is -2.20. The Morgan fingerprint density at radius 2 is 2.06 bits per heavy atom. The SMILES string of the molecule is CN/C=C\C(N)=NC(=O)c1cc(OC2=NC=C(C(=O)O)NC2)cc(OC(CF)CF)c1. The topological polar surface area (TPSA) is 148 Å². The van der Waals surface area contributed by atoms with E-state index in [1.807, 2.05) is 0 Å². The van der Waals surface area contributed by atoms with Gasteiger partial charge in [0, 0.05) is 18.7 Å². The van der Waals surface area contributed by atoms with Gasteiger partial charge in [-0.2, -0.15) is 4.99 Å². The molecule has 1 aromatic carbocycles. The number of hydrogen-bond donors (Lipinski definition) is 4. The number of nitrogens with zero attached hydrogens (tertiary/aromatic N) is 2. The second kappa shape index (κ2) is 11.3. The van der Waals surface area contributed by atoms with Crippen molar-refractivity contribution in [1.29, 1.82) is 0 Å². The summed E-state index contributed by atoms with van der Waals surface area (Å²) < 4.78 is 36.5. The summed E-state index contributed by atoms with van der Waals surface area (Å²) in [6.07, 6.45) is 2.54. The van der Waals surface area contributed by atoms with Gasteiger partial charge < -0.3 is 30.9 Å². The van der Waals surface area contributed by atoms with Crippen molar-refractivity contribution in [1.82, 2.24) is 10.6 Å². The molecule has 1 aromatic rings. The first-order valence-corrected chi connectivity index (χ1v) is 8.94. The maximum Gasteiger partial charge on any atom is 0.353 e. The van der Waals surface area contributed by atoms with Crippen LogP contribution >= 0.6 is 0 Å². The molecule has 12 heteroatoms. The number of carbonyl (C=O) groups is 2. The van der Waals surface area contributed by atoms with Gasteiger partial charge in [0.25, 0.3) is 5.91 Å². The molecule has 1 aliphatic heterocycles. The number of carbonyl (C=O) groups excluding carboxylic acids is 1. The van der Waals surface area contributed by atoms with E-state index in [0.29, 0.717) is 0 Å². The molecule has 0 spiro atoms. The monoisotopic (exact) mass is 437 g/mol. The van der Waals surface area contributed by atoms with E-state index < -0.39 is 31.3 Å². The minimum Gasteiger partial charge on any atom is -0.485 e. The molecule has 0 unspecified atom stereocenters. The Labute approximate surface area is 176 Å². The molecule has 1 heterocycles. The zero-order valence-electron chi connectivity index (χ0n) is 16.5. The summed E-state index contributed by atoms with van der Waals surface area (Å²) in [5.41, 5.74) is 5.51. The van der Waals surface area contributed by atoms with E-state index in [2.05, 4.69) is 20.6 Å². The first kappa shape index (κ1) is 23.3. The highest BCUT2D eigenvalue weighted by Gasteiger charge is 2.17. The van der Waals surface area contributed by atoms with E-state index in [1.165, 1.54) is 30.5 Å². The number of aliphatic imine (C=N–C) groups is 2. The van der Waals surface area contributed by atoms with Crippen LogP contribution in [0.25, 0.3) is 0 Å². The number of carboxylic acid groups (broad SMARTS) is 1. The van der Waals surface area contributed by atoms with E-state index in [4.69, 9.17) is 20.3 Å². The molecule has 0 saturated heterocycles. The van der Waals surface area contributed by atoms with Gasteiger partial charge in [0.1, 0.15) is 36.4 Å². The third-order valence-corrected chi connectivity index (χ3v) is 3.66. The Kier molecular flexibility index (Phi) is 8.49. The zero-order chi connectivity index (χ0) is 22.8. The van der Waals surface area contributed by atoms with Crippen molar-refractivity contribution in [2.45, 2.75) is 6.10 Å². The second-order valence-corrected chi connectivity index (χ2v) is 6.03. The summed E-state index contributed by atoms with van der Waals surface area (Å²) in [5.74, 6) is -1.89. The molecule has 1 aliphatic rings. The molecule has 0 radical (unpaired) electrons. The van der Waals surface area contributed by atoms with Crippen molar-refractivity contribution in [2.24, 2.45) is 15.7 Å². The summed E-state index contributed by atoms with van der Waals surface area (Å²) in [6, 6.07) is 3.87. The van der Waals surface area contributed by atoms with Gasteiger partial charge in [-0.1, -0.05) is 0 Å². The normalized spacial score (nSPS) is 14.0. The molecular weight excluding hydrogens is 416 g/mol. The fourth-order valence-electron chi connectivity index (χ4n) is 2.23. The maximum absolute atomic E-state index is 12.9. The van der Waals surface area contributed by atoms with Gasteiger partial charge in [0.2, 0.25) is 5.90 Å². The van der Waals surface area contributed by atoms with Gasteiger partial charge in [-0.05, 0) is 24.4 Å². The lowest BCUT2D eigenvalue weighted by atomic mass is 10.2. The van der Waals surface area contributed by atoms with Crippen molar-refractivity contribution < 1.29 is 33.0 Å². The van der Waals surface area contributed by atoms with Crippen LogP contribution in [0.4, 0.5) is 8.78 Å². The lowest BCUT2D eigenvalue weighted by molar-refractivity contribution is -0.133. The van der Waals surface area contributed by atoms with Crippen LogP contribution in [0.15, 0.2) is 52.4 Å². The number of alkyl halides is 2. The predicted molar refractivity (Wildman–Crippen MR) is 109 cm³/mol. The van der Waals surface area contributed by atoms with E-state index in [0.717, 1.165) is 6.20 Å². The number of ether oxygens (including phenoxy) is 2. The zero-order valence-corrected chi connectivity index (χ0v) is 16.5. The van der Waals surface area contributed by atoms with E-state index in [9.17, 15) is 18.4 Å². The Hall–Kier alpha value is -3.96. The molecule has 0 fully saturated rings. The Morgan fingerprint density at radius 1 is 1.35 bits per heavy atom. The standard InChI is InChI=1S/C19H21F2N5O5/c1-23-3-2-16(22)26-18(27)11-4-12(30-14(7-20)8-21)6-13(5-11)31-17-10-24-15(9-25-17)19(28)29/h2-6,9,14,23-24H,7-8,10H2,1H3,(H,28,29)(H2,22,26,27)/b3-2-. The molecule has 0 bridgehead atoms. The molecule has 1 amide bonds. The average Bonchev–Trinajstić information content (AvgIpc) is 2.76. The number of nitrogens with one attached hydrogen (secondary N) is 2. The summed E-state index contributed by atoms with van der Waals surface area (Å²) in [5, 5.41) is 14.2. The smallest absolute Gasteiger partial charge is 0.353 e. The van der Waals surface area contributed by atoms with Crippen molar-refractivity contribution in [3.8, 4) is 11.5 Å². The van der Waals surface area contributed by atoms with Crippen LogP contribution in [0, 0.1) is 0 Å². The number of carboxylic acids is 1. The highest BCUT2D eigenvalue weighted by molar-refractivity contribution is 6.06. The van der Waals surface area contributed by atoms with Gasteiger partial charge in [0.15, 0.2) is 6.10 Å². The number of benzene rings is 1. The average molecular weight is 437 g/mol. The van der Waals surface area contributed by atoms with Crippen LogP contribution < -0.4 is 25.8 Å². The minimum absolute atomic E-state index is 0.0177. The van der Waals surface area contributed by atoms with Crippen LogP contribution in [0.5, 0.6) is 11.5 Å². The third-order valence-electron chi connectivity index (χ3n) is 3.66. The maximum atomic E-state index is 12.9. The molecule has 0 aliphatic carbocycles. The number of hydrogen-bond acceptors (Lipinski definition) is 7. The number of amidine groups is 1. The highest BCUT2D eigenvalue weighted by atomic mass is 19.1. The van der Waals surface area contributed by atoms with Crippen LogP contribution in [0.2, 0.25) is 0 Å². The van der Waals surface area contributed by atoms with E-state index >= 15 is 0 Å². The first-order valence-electron chi connectivity index (χ1n) is 8.94. The number of halogens is 2. The van der Waals surface area contributed by atoms with Crippen molar-refractivity contribution in [2.75, 3.05) is 26.9 Å². The molecule has 0 atom stereocenters. The van der Waals surface area contributed by atoms with Gasteiger partial charge in [-0.15, -0.1) is 0 Å². The van der Waals surface area contributed by atoms with Crippen LogP contribution in [-0.4, -0.2) is 61.8 Å². The van der Waals surface area contributed by atoms with Gasteiger partial charge in [-0.25, -0.2) is 18.6 Å². The molecule has 10 nitrogen and oxygen atoms in total.